The molecule has 2 heterocycles. The molecule has 0 spiro atoms. The van der Waals surface area contributed by atoms with Crippen molar-refractivity contribution < 1.29 is 14.3 Å². The van der Waals surface area contributed by atoms with Gasteiger partial charge in [0.1, 0.15) is 5.00 Å². The summed E-state index contributed by atoms with van der Waals surface area (Å²) >= 11 is 1.32. The fraction of sp³-hybridized carbons (Fsp3) is 0.267. The van der Waals surface area contributed by atoms with Gasteiger partial charge in [-0.2, -0.15) is 0 Å². The van der Waals surface area contributed by atoms with Gasteiger partial charge in [0, 0.05) is 11.1 Å². The lowest BCUT2D eigenvalue weighted by atomic mass is 10.2. The zero-order valence-electron chi connectivity index (χ0n) is 12.5. The number of hydrogen-bond acceptors (Lipinski definition) is 5. The molecule has 0 saturated carbocycles. The molecule has 0 aliphatic heterocycles. The third-order valence-corrected chi connectivity index (χ3v) is 3.93. The van der Waals surface area contributed by atoms with Gasteiger partial charge in [0.15, 0.2) is 0 Å². The Morgan fingerprint density at radius 2 is 2.14 bits per heavy atom. The Hall–Kier alpha value is -2.41. The van der Waals surface area contributed by atoms with Crippen molar-refractivity contribution in [2.24, 2.45) is 0 Å². The molecule has 0 aromatic carbocycles. The minimum absolute atomic E-state index is 0.246. The highest BCUT2D eigenvalue weighted by molar-refractivity contribution is 7.16. The van der Waals surface area contributed by atoms with E-state index in [1.807, 2.05) is 32.0 Å². The van der Waals surface area contributed by atoms with Crippen molar-refractivity contribution in [3.63, 3.8) is 0 Å². The summed E-state index contributed by atoms with van der Waals surface area (Å²) in [6.07, 6.45) is 1.67. The van der Waals surface area contributed by atoms with E-state index in [9.17, 15) is 9.59 Å². The molecule has 6 nitrogen and oxygen atoms in total. The van der Waals surface area contributed by atoms with Crippen LogP contribution in [0.3, 0.4) is 0 Å². The fourth-order valence-electron chi connectivity index (χ4n) is 1.91. The highest BCUT2D eigenvalue weighted by atomic mass is 32.1. The fourth-order valence-corrected chi connectivity index (χ4v) is 2.81. The van der Waals surface area contributed by atoms with Crippen LogP contribution in [0.15, 0.2) is 30.5 Å². The van der Waals surface area contributed by atoms with Gasteiger partial charge in [0.05, 0.1) is 24.4 Å². The second-order valence-corrected chi connectivity index (χ2v) is 5.92. The summed E-state index contributed by atoms with van der Waals surface area (Å²) in [7, 11) is 1.31. The number of aromatic nitrogens is 1. The predicted molar refractivity (Wildman–Crippen MR) is 85.2 cm³/mol. The Balaban J connectivity index is 2.05. The molecule has 2 N–H and O–H groups in total. The second kappa shape index (κ2) is 7.04. The first-order valence-corrected chi connectivity index (χ1v) is 7.50. The molecule has 22 heavy (non-hydrogen) atoms. The molecule has 1 atom stereocenters. The number of aryl methyl sites for hydroxylation is 1. The summed E-state index contributed by atoms with van der Waals surface area (Å²) in [5, 5.41) is 5.93. The maximum absolute atomic E-state index is 12.1. The van der Waals surface area contributed by atoms with Gasteiger partial charge in [-0.05, 0) is 32.0 Å². The van der Waals surface area contributed by atoms with Gasteiger partial charge in [-0.3, -0.25) is 10.3 Å². The van der Waals surface area contributed by atoms with Gasteiger partial charge >= 0.3 is 12.0 Å². The van der Waals surface area contributed by atoms with Gasteiger partial charge in [0.2, 0.25) is 0 Å². The van der Waals surface area contributed by atoms with Crippen LogP contribution in [0.25, 0.3) is 0 Å². The van der Waals surface area contributed by atoms with E-state index in [4.69, 9.17) is 4.74 Å². The molecule has 0 saturated heterocycles. The molecule has 0 fully saturated rings. The van der Waals surface area contributed by atoms with E-state index in [1.165, 1.54) is 18.4 Å². The number of hydrogen-bond donors (Lipinski definition) is 2. The monoisotopic (exact) mass is 319 g/mol. The summed E-state index contributed by atoms with van der Waals surface area (Å²) in [6.45, 7) is 3.69. The lowest BCUT2D eigenvalue weighted by Crippen LogP contribution is -2.31. The summed E-state index contributed by atoms with van der Waals surface area (Å²) in [5.74, 6) is -0.475. The molecule has 0 bridgehead atoms. The van der Waals surface area contributed by atoms with Gasteiger partial charge in [0.25, 0.3) is 0 Å². The molecular weight excluding hydrogens is 302 g/mol. The number of ether oxygens (including phenoxy) is 1. The standard InChI is InChI=1S/C15H17N3O3S/c1-9-8-11(14(19)21-3)13(22-9)18-15(20)17-10(2)12-6-4-5-7-16-12/h4-8,10H,1-3H3,(H2,17,18,20). The molecule has 2 aromatic rings. The maximum atomic E-state index is 12.1. The summed E-state index contributed by atoms with van der Waals surface area (Å²) < 4.78 is 4.71. The maximum Gasteiger partial charge on any atom is 0.340 e. The number of urea groups is 1. The number of amides is 2. The summed E-state index contributed by atoms with van der Waals surface area (Å²) in [4.78, 5) is 28.8. The SMILES string of the molecule is COC(=O)c1cc(C)sc1NC(=O)NC(C)c1ccccn1. The highest BCUT2D eigenvalue weighted by Gasteiger charge is 2.18. The van der Waals surface area contributed by atoms with Crippen molar-refractivity contribution in [3.8, 4) is 0 Å². The normalized spacial score (nSPS) is 11.6. The van der Waals surface area contributed by atoms with Crippen LogP contribution in [0.4, 0.5) is 9.80 Å². The van der Waals surface area contributed by atoms with Crippen LogP contribution >= 0.6 is 11.3 Å². The number of anilines is 1. The number of thiophene rings is 1. The van der Waals surface area contributed by atoms with E-state index in [0.717, 1.165) is 10.6 Å². The van der Waals surface area contributed by atoms with Crippen molar-refractivity contribution in [2.75, 3.05) is 12.4 Å². The Morgan fingerprint density at radius 1 is 1.36 bits per heavy atom. The van der Waals surface area contributed by atoms with E-state index in [0.29, 0.717) is 10.6 Å². The molecule has 2 rings (SSSR count). The zero-order valence-corrected chi connectivity index (χ0v) is 13.4. The molecule has 0 aliphatic rings. The van der Waals surface area contributed by atoms with Gasteiger partial charge in [-0.15, -0.1) is 11.3 Å². The third-order valence-electron chi connectivity index (χ3n) is 2.97. The average molecular weight is 319 g/mol. The number of methoxy groups -OCH3 is 1. The van der Waals surface area contributed by atoms with Gasteiger partial charge in [-0.25, -0.2) is 9.59 Å². The van der Waals surface area contributed by atoms with Crippen LogP contribution in [-0.4, -0.2) is 24.1 Å². The number of esters is 1. The number of carbonyl (C=O) groups excluding carboxylic acids is 2. The Morgan fingerprint density at radius 3 is 2.77 bits per heavy atom. The number of nitrogens with zero attached hydrogens (tertiary/aromatic N) is 1. The highest BCUT2D eigenvalue weighted by Crippen LogP contribution is 2.28. The lowest BCUT2D eigenvalue weighted by molar-refractivity contribution is 0.0602. The molecule has 7 heteroatoms. The predicted octanol–water partition coefficient (Wildman–Crippen LogP) is 3.12. The van der Waals surface area contributed by atoms with E-state index in [-0.39, 0.29) is 6.04 Å². The largest absolute Gasteiger partial charge is 0.465 e. The third kappa shape index (κ3) is 3.82. The van der Waals surface area contributed by atoms with E-state index in [2.05, 4.69) is 15.6 Å². The topological polar surface area (TPSA) is 80.3 Å². The minimum atomic E-state index is -0.475. The summed E-state index contributed by atoms with van der Waals surface area (Å²) in [5.41, 5.74) is 1.11. The molecule has 2 amide bonds. The number of carbonyl (C=O) groups is 2. The first-order valence-electron chi connectivity index (χ1n) is 6.68. The van der Waals surface area contributed by atoms with E-state index in [1.54, 1.807) is 12.3 Å². The van der Waals surface area contributed by atoms with Gasteiger partial charge < -0.3 is 10.1 Å². The molecule has 116 valence electrons. The lowest BCUT2D eigenvalue weighted by Gasteiger charge is -2.13. The molecule has 0 aliphatic carbocycles. The zero-order chi connectivity index (χ0) is 16.1. The summed E-state index contributed by atoms with van der Waals surface area (Å²) in [6, 6.07) is 6.55. The Labute approximate surface area is 132 Å². The quantitative estimate of drug-likeness (QED) is 0.849. The van der Waals surface area contributed by atoms with Crippen LogP contribution in [0, 0.1) is 6.92 Å². The molecule has 1 unspecified atom stereocenters. The smallest absolute Gasteiger partial charge is 0.340 e. The van der Waals surface area contributed by atoms with Crippen LogP contribution in [0.2, 0.25) is 0 Å². The number of nitrogens with one attached hydrogen (secondary N) is 2. The van der Waals surface area contributed by atoms with E-state index >= 15 is 0 Å². The molecule has 0 radical (unpaired) electrons. The van der Waals surface area contributed by atoms with Gasteiger partial charge in [-0.1, -0.05) is 6.07 Å². The van der Waals surface area contributed by atoms with E-state index < -0.39 is 12.0 Å². The second-order valence-electron chi connectivity index (χ2n) is 4.67. The first-order chi connectivity index (χ1) is 10.5. The Kier molecular flexibility index (Phi) is 5.11. The Bertz CT molecular complexity index is 670. The number of rotatable bonds is 4. The van der Waals surface area contributed by atoms with Crippen molar-refractivity contribution in [1.29, 1.82) is 0 Å². The van der Waals surface area contributed by atoms with Crippen molar-refractivity contribution in [2.45, 2.75) is 19.9 Å². The van der Waals surface area contributed by atoms with Crippen LogP contribution in [-0.2, 0) is 4.74 Å². The number of pyridine rings is 1. The van der Waals surface area contributed by atoms with Crippen molar-refractivity contribution in [3.05, 3.63) is 46.6 Å². The minimum Gasteiger partial charge on any atom is -0.465 e. The van der Waals surface area contributed by atoms with Crippen LogP contribution < -0.4 is 10.6 Å². The first kappa shape index (κ1) is 16.0. The molecule has 2 aromatic heterocycles. The average Bonchev–Trinajstić information content (AvgIpc) is 2.87. The molecular formula is C15H17N3O3S. The van der Waals surface area contributed by atoms with Crippen LogP contribution in [0.5, 0.6) is 0 Å². The van der Waals surface area contributed by atoms with Crippen molar-refractivity contribution in [1.82, 2.24) is 10.3 Å². The van der Waals surface area contributed by atoms with Crippen LogP contribution in [0.1, 0.15) is 33.9 Å². The van der Waals surface area contributed by atoms with Crippen molar-refractivity contribution >= 4 is 28.3 Å².